The quantitative estimate of drug-likeness (QED) is 0.115. The van der Waals surface area contributed by atoms with Gasteiger partial charge in [0.2, 0.25) is 0 Å². The number of hydrogen-bond acceptors (Lipinski definition) is 0. The first kappa shape index (κ1) is 42.8. The Morgan fingerprint density at radius 3 is 1.32 bits per heavy atom. The van der Waals surface area contributed by atoms with Gasteiger partial charge >= 0.3 is 26.2 Å². The number of fused-ring (bicyclic) bond motifs is 5. The number of rotatable bonds is 6. The molecule has 297 valence electrons. The van der Waals surface area contributed by atoms with Crippen molar-refractivity contribution in [1.29, 1.82) is 0 Å². The molecule has 11 rings (SSSR count). The van der Waals surface area contributed by atoms with E-state index in [4.69, 9.17) is 0 Å². The van der Waals surface area contributed by atoms with E-state index in [-0.39, 0.29) is 26.2 Å². The summed E-state index contributed by atoms with van der Waals surface area (Å²) in [7, 11) is 0.795. The Bertz CT molecular complexity index is 2850. The third-order valence-corrected chi connectivity index (χ3v) is 13.2. The molecule has 3 radical (unpaired) electrons. The topological polar surface area (TPSA) is 0 Å². The summed E-state index contributed by atoms with van der Waals surface area (Å²) in [5.41, 5.74) is 16.1. The normalized spacial score (nSPS) is 11.3. The first-order valence-electron chi connectivity index (χ1n) is 21.5. The van der Waals surface area contributed by atoms with E-state index >= 15 is 0 Å². The Morgan fingerprint density at radius 1 is 0.403 bits per heavy atom. The summed E-state index contributed by atoms with van der Waals surface area (Å²) in [6.45, 7) is 9.05. The molecule has 0 nitrogen and oxygen atoms in total. The fraction of sp³-hybridized carbons (Fsp3) is 0.100. The van der Waals surface area contributed by atoms with Crippen LogP contribution in [0.5, 0.6) is 0 Å². The van der Waals surface area contributed by atoms with Gasteiger partial charge in [-0.05, 0) is 34.1 Å². The van der Waals surface area contributed by atoms with Crippen molar-refractivity contribution >= 4 is 41.4 Å². The fourth-order valence-electron chi connectivity index (χ4n) is 8.75. The molecule has 0 bridgehead atoms. The molecule has 0 N–H and O–H groups in total. The van der Waals surface area contributed by atoms with Crippen molar-refractivity contribution in [2.24, 2.45) is 0 Å². The summed E-state index contributed by atoms with van der Waals surface area (Å²) < 4.78 is 0. The van der Waals surface area contributed by atoms with E-state index in [0.717, 1.165) is 9.52 Å². The zero-order valence-electron chi connectivity index (χ0n) is 35.9. The zero-order valence-corrected chi connectivity index (χ0v) is 39.3. The molecule has 62 heavy (non-hydrogen) atoms. The molecular formula is C60H49SiZr. The van der Waals surface area contributed by atoms with Gasteiger partial charge in [0.15, 0.2) is 0 Å². The van der Waals surface area contributed by atoms with E-state index < -0.39 is 0 Å². The molecule has 1 heterocycles. The first-order chi connectivity index (χ1) is 29.9. The van der Waals surface area contributed by atoms with Crippen LogP contribution in [0.1, 0.15) is 50.7 Å². The zero-order chi connectivity index (χ0) is 41.7. The van der Waals surface area contributed by atoms with E-state index in [1.165, 1.54) is 98.7 Å². The number of hydrogen-bond donors (Lipinski definition) is 0. The van der Waals surface area contributed by atoms with Crippen molar-refractivity contribution < 1.29 is 26.2 Å². The third-order valence-electron chi connectivity index (χ3n) is 11.8. The molecule has 0 saturated heterocycles. The molecule has 0 fully saturated rings. The van der Waals surface area contributed by atoms with Crippen LogP contribution in [0.25, 0.3) is 77.2 Å². The van der Waals surface area contributed by atoms with Crippen molar-refractivity contribution in [1.82, 2.24) is 0 Å². The van der Waals surface area contributed by atoms with Crippen LogP contribution in [0.4, 0.5) is 0 Å². The molecule has 0 saturated carbocycles. The summed E-state index contributed by atoms with van der Waals surface area (Å²) in [6.07, 6.45) is 0. The van der Waals surface area contributed by atoms with Gasteiger partial charge in [-0.15, -0.1) is 74.6 Å². The van der Waals surface area contributed by atoms with Crippen molar-refractivity contribution in [3.63, 3.8) is 0 Å². The molecule has 0 spiro atoms. The van der Waals surface area contributed by atoms with Crippen LogP contribution in [-0.4, -0.2) is 9.52 Å². The smallest absolute Gasteiger partial charge is 0.184 e. The maximum atomic E-state index is 3.31. The van der Waals surface area contributed by atoms with E-state index in [1.54, 1.807) is 0 Å². The molecule has 0 atom stereocenters. The van der Waals surface area contributed by atoms with E-state index in [1.807, 2.05) is 6.07 Å². The SMILES string of the molecule is CC(C)c1ccccc1-c1cccc2[cH-]c(-c3ccccc3)cc12.CC(C)c1ccccc1-c1cccc2[cH-]c(-c3ccccc3)cc12.[Zr+3].[c-]1cccc2c1[Si]c1ccccc1-2. The average Bonchev–Trinajstić information content (AvgIpc) is 4.06. The minimum atomic E-state index is 0. The Labute approximate surface area is 389 Å². The predicted octanol–water partition coefficient (Wildman–Crippen LogP) is 15.2. The fourth-order valence-corrected chi connectivity index (χ4v) is 10.1. The van der Waals surface area contributed by atoms with Crippen molar-refractivity contribution in [2.45, 2.75) is 39.5 Å². The summed E-state index contributed by atoms with van der Waals surface area (Å²) in [4.78, 5) is 0. The third kappa shape index (κ3) is 9.00. The Hall–Kier alpha value is -5.92. The summed E-state index contributed by atoms with van der Waals surface area (Å²) >= 11 is 0. The van der Waals surface area contributed by atoms with Gasteiger partial charge in [-0.2, -0.15) is 29.5 Å². The summed E-state index contributed by atoms with van der Waals surface area (Å²) in [5.74, 6) is 1.03. The van der Waals surface area contributed by atoms with Gasteiger partial charge in [-0.1, -0.05) is 218 Å². The van der Waals surface area contributed by atoms with Crippen LogP contribution in [0, 0.1) is 6.07 Å². The second-order valence-electron chi connectivity index (χ2n) is 16.5. The van der Waals surface area contributed by atoms with E-state index in [2.05, 4.69) is 240 Å². The maximum absolute atomic E-state index is 3.31. The van der Waals surface area contributed by atoms with Crippen LogP contribution >= 0.6 is 0 Å². The average molecular weight is 889 g/mol. The van der Waals surface area contributed by atoms with E-state index in [9.17, 15) is 0 Å². The molecule has 10 aromatic carbocycles. The predicted molar refractivity (Wildman–Crippen MR) is 265 cm³/mol. The Kier molecular flexibility index (Phi) is 13.4. The van der Waals surface area contributed by atoms with Crippen LogP contribution < -0.4 is 10.4 Å². The maximum Gasteiger partial charge on any atom is 3.00 e. The molecule has 1 aliphatic heterocycles. The Balaban J connectivity index is 0.000000132. The summed E-state index contributed by atoms with van der Waals surface area (Å²) in [6, 6.07) is 79.5. The van der Waals surface area contributed by atoms with Crippen molar-refractivity contribution in [3.05, 3.63) is 230 Å². The monoisotopic (exact) mass is 887 g/mol. The molecule has 0 unspecified atom stereocenters. The van der Waals surface area contributed by atoms with Gasteiger partial charge in [0.1, 0.15) is 0 Å². The molecule has 10 aromatic rings. The largest absolute Gasteiger partial charge is 3.00 e. The molecule has 1 aliphatic rings. The van der Waals surface area contributed by atoms with Crippen molar-refractivity contribution in [2.75, 3.05) is 0 Å². The van der Waals surface area contributed by atoms with Crippen LogP contribution in [0.2, 0.25) is 0 Å². The molecule has 0 amide bonds. The summed E-state index contributed by atoms with van der Waals surface area (Å²) in [5, 5.41) is 8.12. The minimum absolute atomic E-state index is 0. The molecule has 0 aliphatic carbocycles. The van der Waals surface area contributed by atoms with Crippen LogP contribution in [-0.2, 0) is 26.2 Å². The van der Waals surface area contributed by atoms with Gasteiger partial charge in [0, 0.05) is 0 Å². The minimum Gasteiger partial charge on any atom is -0.184 e. The standard InChI is InChI=1S/2C24H21.C12H7Si.Zr/c2*1-17(2)21-12-6-7-13-22(21)23-14-8-11-19-15-20(16-24(19)23)18-9-4-3-5-10-18;1-3-7-11-9(5-1)10-6-2-4-8-12(10)13-11;/h2*3-17H,1-2H3;1-7H;/q3*-1;+3. The van der Waals surface area contributed by atoms with Gasteiger partial charge in [-0.25, -0.2) is 0 Å². The van der Waals surface area contributed by atoms with Gasteiger partial charge in [0.05, 0.1) is 9.52 Å². The van der Waals surface area contributed by atoms with E-state index in [0.29, 0.717) is 11.8 Å². The van der Waals surface area contributed by atoms with Crippen LogP contribution in [0.3, 0.4) is 0 Å². The van der Waals surface area contributed by atoms with Gasteiger partial charge in [0.25, 0.3) is 0 Å². The van der Waals surface area contributed by atoms with Crippen molar-refractivity contribution in [3.8, 4) is 55.6 Å². The Morgan fingerprint density at radius 2 is 0.823 bits per heavy atom. The molecule has 2 heteroatoms. The molecular weight excluding hydrogens is 840 g/mol. The van der Waals surface area contributed by atoms with Gasteiger partial charge < -0.3 is 0 Å². The second kappa shape index (κ2) is 19.4. The number of benzene rings is 8. The second-order valence-corrected chi connectivity index (χ2v) is 17.7. The first-order valence-corrected chi connectivity index (χ1v) is 22.5. The molecule has 0 aromatic heterocycles. The van der Waals surface area contributed by atoms with Gasteiger partial charge in [-0.3, -0.25) is 0 Å². The van der Waals surface area contributed by atoms with Crippen LogP contribution in [0.15, 0.2) is 212 Å².